The fourth-order valence-corrected chi connectivity index (χ4v) is 1.82. The van der Waals surface area contributed by atoms with Gasteiger partial charge in [-0.05, 0) is 19.1 Å². The molecule has 0 atom stereocenters. The average Bonchev–Trinajstić information content (AvgIpc) is 2.83. The summed E-state index contributed by atoms with van der Waals surface area (Å²) in [5.41, 5.74) is 2.80. The molecule has 0 fully saturated rings. The predicted molar refractivity (Wildman–Crippen MR) is 61.3 cm³/mol. The fourth-order valence-electron chi connectivity index (χ4n) is 1.23. The minimum Gasteiger partial charge on any atom is -0.461 e. The normalized spacial score (nSPS) is 10.1. The van der Waals surface area contributed by atoms with Gasteiger partial charge in [0.1, 0.15) is 5.69 Å². The van der Waals surface area contributed by atoms with Crippen molar-refractivity contribution in [2.45, 2.75) is 6.92 Å². The maximum atomic E-state index is 11.5. The lowest BCUT2D eigenvalue weighted by atomic mass is 10.3. The summed E-state index contributed by atoms with van der Waals surface area (Å²) < 4.78 is 4.89. The van der Waals surface area contributed by atoms with Crippen molar-refractivity contribution in [3.63, 3.8) is 0 Å². The van der Waals surface area contributed by atoms with Gasteiger partial charge < -0.3 is 4.74 Å². The van der Waals surface area contributed by atoms with Gasteiger partial charge in [-0.1, -0.05) is 6.07 Å². The number of carbonyl (C=O) groups excluding carboxylic acids is 1. The van der Waals surface area contributed by atoms with Crippen molar-refractivity contribution >= 4 is 17.3 Å². The number of carbonyl (C=O) groups is 1. The van der Waals surface area contributed by atoms with Gasteiger partial charge in [0.05, 0.1) is 22.7 Å². The number of rotatable bonds is 3. The molecule has 0 bridgehead atoms. The Morgan fingerprint density at radius 1 is 1.50 bits per heavy atom. The van der Waals surface area contributed by atoms with E-state index in [0.717, 1.165) is 10.6 Å². The first-order valence-electron chi connectivity index (χ1n) is 4.84. The number of pyridine rings is 1. The molecule has 0 aromatic carbocycles. The van der Waals surface area contributed by atoms with Gasteiger partial charge in [0.15, 0.2) is 0 Å². The van der Waals surface area contributed by atoms with Crippen molar-refractivity contribution in [2.24, 2.45) is 0 Å². The SMILES string of the molecule is CCOC(=O)c1cccc(-c2cncs2)n1. The summed E-state index contributed by atoms with van der Waals surface area (Å²) in [6, 6.07) is 5.27. The van der Waals surface area contributed by atoms with Crippen molar-refractivity contribution < 1.29 is 9.53 Å². The monoisotopic (exact) mass is 234 g/mol. The summed E-state index contributed by atoms with van der Waals surface area (Å²) in [5.74, 6) is -0.395. The molecule has 2 heterocycles. The van der Waals surface area contributed by atoms with Crippen molar-refractivity contribution in [2.75, 3.05) is 6.61 Å². The Bertz CT molecular complexity index is 482. The topological polar surface area (TPSA) is 52.1 Å². The van der Waals surface area contributed by atoms with Gasteiger partial charge in [-0.2, -0.15) is 0 Å². The molecule has 0 saturated heterocycles. The highest BCUT2D eigenvalue weighted by molar-refractivity contribution is 7.13. The third kappa shape index (κ3) is 2.25. The van der Waals surface area contributed by atoms with Gasteiger partial charge in [-0.15, -0.1) is 11.3 Å². The number of ether oxygens (including phenoxy) is 1. The molecule has 0 aliphatic rings. The largest absolute Gasteiger partial charge is 0.461 e. The van der Waals surface area contributed by atoms with Crippen molar-refractivity contribution in [3.05, 3.63) is 35.6 Å². The molecule has 0 radical (unpaired) electrons. The van der Waals surface area contributed by atoms with Crippen molar-refractivity contribution in [1.29, 1.82) is 0 Å². The van der Waals surface area contributed by atoms with Gasteiger partial charge >= 0.3 is 5.97 Å². The van der Waals surface area contributed by atoms with E-state index in [2.05, 4.69) is 9.97 Å². The number of thiazole rings is 1. The van der Waals surface area contributed by atoms with Crippen LogP contribution in [0.5, 0.6) is 0 Å². The van der Waals surface area contributed by atoms with Crippen LogP contribution < -0.4 is 0 Å². The van der Waals surface area contributed by atoms with Crippen LogP contribution in [-0.2, 0) is 4.74 Å². The van der Waals surface area contributed by atoms with E-state index in [9.17, 15) is 4.79 Å². The lowest BCUT2D eigenvalue weighted by molar-refractivity contribution is 0.0519. The van der Waals surface area contributed by atoms with Crippen LogP contribution in [0.3, 0.4) is 0 Å². The second-order valence-corrected chi connectivity index (χ2v) is 3.88. The van der Waals surface area contributed by atoms with Crippen LogP contribution in [-0.4, -0.2) is 22.5 Å². The molecule has 0 aliphatic carbocycles. The molecule has 2 aromatic rings. The van der Waals surface area contributed by atoms with E-state index in [0.29, 0.717) is 12.3 Å². The van der Waals surface area contributed by atoms with E-state index in [1.54, 1.807) is 30.8 Å². The van der Waals surface area contributed by atoms with E-state index >= 15 is 0 Å². The second kappa shape index (κ2) is 4.85. The Kier molecular flexibility index (Phi) is 3.26. The summed E-state index contributed by atoms with van der Waals surface area (Å²) in [6.45, 7) is 2.12. The zero-order valence-electron chi connectivity index (χ0n) is 8.71. The number of esters is 1. The van der Waals surface area contributed by atoms with Crippen LogP contribution in [0.2, 0.25) is 0 Å². The number of hydrogen-bond acceptors (Lipinski definition) is 5. The molecule has 0 N–H and O–H groups in total. The number of aromatic nitrogens is 2. The van der Waals surface area contributed by atoms with Gasteiger partial charge in [0.2, 0.25) is 0 Å². The molecule has 5 heteroatoms. The quantitative estimate of drug-likeness (QED) is 0.765. The Balaban J connectivity index is 2.30. The molecule has 16 heavy (non-hydrogen) atoms. The zero-order valence-corrected chi connectivity index (χ0v) is 9.53. The molecule has 82 valence electrons. The standard InChI is InChI=1S/C11H10N2O2S/c1-2-15-11(14)9-5-3-4-8(13-9)10-6-12-7-16-10/h3-7H,2H2,1H3. The first-order chi connectivity index (χ1) is 7.81. The van der Waals surface area contributed by atoms with Gasteiger partial charge in [-0.25, -0.2) is 9.78 Å². The van der Waals surface area contributed by atoms with E-state index in [4.69, 9.17) is 4.74 Å². The van der Waals surface area contributed by atoms with Crippen LogP contribution in [0, 0.1) is 0 Å². The van der Waals surface area contributed by atoms with E-state index in [1.165, 1.54) is 11.3 Å². The zero-order chi connectivity index (χ0) is 11.4. The molecule has 2 aromatic heterocycles. The Morgan fingerprint density at radius 3 is 3.06 bits per heavy atom. The lowest BCUT2D eigenvalue weighted by Crippen LogP contribution is -2.07. The van der Waals surface area contributed by atoms with Crippen molar-refractivity contribution in [3.8, 4) is 10.6 Å². The summed E-state index contributed by atoms with van der Waals surface area (Å²) in [7, 11) is 0. The Morgan fingerprint density at radius 2 is 2.38 bits per heavy atom. The van der Waals surface area contributed by atoms with Crippen LogP contribution in [0.25, 0.3) is 10.6 Å². The average molecular weight is 234 g/mol. The Hall–Kier alpha value is -1.75. The number of hydrogen-bond donors (Lipinski definition) is 0. The molecule has 0 spiro atoms. The molecular weight excluding hydrogens is 224 g/mol. The van der Waals surface area contributed by atoms with Crippen LogP contribution >= 0.6 is 11.3 Å². The molecule has 4 nitrogen and oxygen atoms in total. The third-order valence-corrected chi connectivity index (χ3v) is 2.71. The second-order valence-electron chi connectivity index (χ2n) is 2.99. The van der Waals surface area contributed by atoms with Gasteiger partial charge in [-0.3, -0.25) is 4.98 Å². The highest BCUT2D eigenvalue weighted by Crippen LogP contribution is 2.21. The first kappa shape index (κ1) is 10.8. The summed E-state index contributed by atoms with van der Waals surface area (Å²) in [5, 5.41) is 0. The molecule has 2 rings (SSSR count). The highest BCUT2D eigenvalue weighted by atomic mass is 32.1. The van der Waals surface area contributed by atoms with E-state index in [1.807, 2.05) is 6.07 Å². The highest BCUT2D eigenvalue weighted by Gasteiger charge is 2.09. The minimum absolute atomic E-state index is 0.327. The predicted octanol–water partition coefficient (Wildman–Crippen LogP) is 2.38. The third-order valence-electron chi connectivity index (χ3n) is 1.92. The summed E-state index contributed by atoms with van der Waals surface area (Å²) >= 11 is 1.48. The van der Waals surface area contributed by atoms with Gasteiger partial charge in [0, 0.05) is 6.20 Å². The lowest BCUT2D eigenvalue weighted by Gasteiger charge is -2.02. The first-order valence-corrected chi connectivity index (χ1v) is 5.72. The maximum absolute atomic E-state index is 11.5. The molecule has 0 unspecified atom stereocenters. The smallest absolute Gasteiger partial charge is 0.356 e. The number of nitrogens with zero attached hydrogens (tertiary/aromatic N) is 2. The molecule has 0 amide bonds. The summed E-state index contributed by atoms with van der Waals surface area (Å²) in [6.07, 6.45) is 1.72. The molecule has 0 aliphatic heterocycles. The van der Waals surface area contributed by atoms with Crippen LogP contribution in [0.15, 0.2) is 29.9 Å². The van der Waals surface area contributed by atoms with Crippen LogP contribution in [0.4, 0.5) is 0 Å². The maximum Gasteiger partial charge on any atom is 0.356 e. The minimum atomic E-state index is -0.395. The van der Waals surface area contributed by atoms with Crippen molar-refractivity contribution in [1.82, 2.24) is 9.97 Å². The van der Waals surface area contributed by atoms with Crippen LogP contribution in [0.1, 0.15) is 17.4 Å². The van der Waals surface area contributed by atoms with E-state index in [-0.39, 0.29) is 0 Å². The fraction of sp³-hybridized carbons (Fsp3) is 0.182. The molecule has 0 saturated carbocycles. The molecular formula is C11H10N2O2S. The summed E-state index contributed by atoms with van der Waals surface area (Å²) in [4.78, 5) is 20.6. The van der Waals surface area contributed by atoms with Gasteiger partial charge in [0.25, 0.3) is 0 Å². The Labute approximate surface area is 96.9 Å². The van der Waals surface area contributed by atoms with E-state index < -0.39 is 5.97 Å².